The van der Waals surface area contributed by atoms with E-state index in [0.29, 0.717) is 12.3 Å². The number of thioether (sulfide) groups is 1. The third-order valence-corrected chi connectivity index (χ3v) is 4.15. The molecule has 1 amide bonds. The second-order valence-corrected chi connectivity index (χ2v) is 6.93. The van der Waals surface area contributed by atoms with E-state index in [4.69, 9.17) is 0 Å². The molecule has 98 valence electrons. The topological polar surface area (TPSA) is 46.2 Å². The van der Waals surface area contributed by atoms with Gasteiger partial charge in [-0.15, -0.1) is 0 Å². The van der Waals surface area contributed by atoms with Crippen LogP contribution in [0.15, 0.2) is 0 Å². The summed E-state index contributed by atoms with van der Waals surface area (Å²) in [6.07, 6.45) is 2.84. The molecule has 0 aromatic heterocycles. The molecule has 3 nitrogen and oxygen atoms in total. The van der Waals surface area contributed by atoms with E-state index in [2.05, 4.69) is 5.32 Å². The van der Waals surface area contributed by atoms with Crippen molar-refractivity contribution in [2.75, 3.05) is 18.1 Å². The standard InChI is InChI=1S/C13H23NO2S/c1-13(2,3)11(15)9-14-12(16)8-10-4-6-17-7-5-10/h10H,4-9H2,1-3H3,(H,14,16). The Bertz CT molecular complexity index is 278. The smallest absolute Gasteiger partial charge is 0.220 e. The highest BCUT2D eigenvalue weighted by atomic mass is 32.2. The van der Waals surface area contributed by atoms with Gasteiger partial charge in [-0.3, -0.25) is 9.59 Å². The first-order chi connectivity index (χ1) is 7.89. The van der Waals surface area contributed by atoms with Crippen LogP contribution >= 0.6 is 11.8 Å². The van der Waals surface area contributed by atoms with Gasteiger partial charge in [0, 0.05) is 11.8 Å². The van der Waals surface area contributed by atoms with Gasteiger partial charge in [-0.25, -0.2) is 0 Å². The maximum absolute atomic E-state index is 11.7. The molecule has 1 heterocycles. The monoisotopic (exact) mass is 257 g/mol. The summed E-state index contributed by atoms with van der Waals surface area (Å²) in [4.78, 5) is 23.3. The van der Waals surface area contributed by atoms with Crippen molar-refractivity contribution in [1.29, 1.82) is 0 Å². The zero-order valence-corrected chi connectivity index (χ0v) is 11.9. The van der Waals surface area contributed by atoms with Gasteiger partial charge in [0.25, 0.3) is 0 Å². The van der Waals surface area contributed by atoms with Gasteiger partial charge in [0.15, 0.2) is 5.78 Å². The van der Waals surface area contributed by atoms with Crippen molar-refractivity contribution in [3.8, 4) is 0 Å². The first kappa shape index (κ1) is 14.6. The first-order valence-corrected chi connectivity index (χ1v) is 7.43. The van der Waals surface area contributed by atoms with E-state index in [-0.39, 0.29) is 23.7 Å². The Morgan fingerprint density at radius 1 is 1.24 bits per heavy atom. The molecule has 0 atom stereocenters. The summed E-state index contributed by atoms with van der Waals surface area (Å²) in [5.41, 5.74) is -0.366. The maximum atomic E-state index is 11.7. The Morgan fingerprint density at radius 2 is 1.82 bits per heavy atom. The SMILES string of the molecule is CC(C)(C)C(=O)CNC(=O)CC1CCSCC1. The Hall–Kier alpha value is -0.510. The number of Topliss-reactive ketones (excluding diaryl/α,β-unsaturated/α-hetero) is 1. The molecule has 0 spiro atoms. The third-order valence-electron chi connectivity index (χ3n) is 3.10. The second-order valence-electron chi connectivity index (χ2n) is 5.71. The van der Waals surface area contributed by atoms with E-state index in [1.807, 2.05) is 32.5 Å². The predicted molar refractivity (Wildman–Crippen MR) is 72.1 cm³/mol. The zero-order valence-electron chi connectivity index (χ0n) is 11.0. The average molecular weight is 257 g/mol. The molecule has 1 rings (SSSR count). The molecule has 0 saturated carbocycles. The molecular weight excluding hydrogens is 234 g/mol. The van der Waals surface area contributed by atoms with E-state index in [0.717, 1.165) is 12.8 Å². The van der Waals surface area contributed by atoms with Gasteiger partial charge in [-0.05, 0) is 30.3 Å². The molecule has 1 saturated heterocycles. The summed E-state index contributed by atoms with van der Waals surface area (Å²) in [6, 6.07) is 0. The minimum absolute atomic E-state index is 0.0273. The van der Waals surface area contributed by atoms with Crippen LogP contribution < -0.4 is 5.32 Å². The molecule has 0 aliphatic carbocycles. The van der Waals surface area contributed by atoms with Gasteiger partial charge in [-0.2, -0.15) is 11.8 Å². The lowest BCUT2D eigenvalue weighted by Crippen LogP contribution is -2.36. The lowest BCUT2D eigenvalue weighted by atomic mass is 9.91. The summed E-state index contributed by atoms with van der Waals surface area (Å²) < 4.78 is 0. The average Bonchev–Trinajstić information content (AvgIpc) is 2.26. The molecule has 17 heavy (non-hydrogen) atoms. The van der Waals surface area contributed by atoms with Gasteiger partial charge >= 0.3 is 0 Å². The Balaban J connectivity index is 2.23. The molecule has 0 aromatic carbocycles. The van der Waals surface area contributed by atoms with Crippen molar-refractivity contribution in [3.63, 3.8) is 0 Å². The van der Waals surface area contributed by atoms with E-state index in [1.165, 1.54) is 11.5 Å². The minimum atomic E-state index is -0.366. The van der Waals surface area contributed by atoms with Crippen LogP contribution in [-0.2, 0) is 9.59 Å². The first-order valence-electron chi connectivity index (χ1n) is 6.27. The van der Waals surface area contributed by atoms with E-state index >= 15 is 0 Å². The minimum Gasteiger partial charge on any atom is -0.349 e. The molecule has 1 fully saturated rings. The molecule has 1 aliphatic heterocycles. The van der Waals surface area contributed by atoms with Gasteiger partial charge in [-0.1, -0.05) is 20.8 Å². The quantitative estimate of drug-likeness (QED) is 0.840. The van der Waals surface area contributed by atoms with Crippen molar-refractivity contribution in [1.82, 2.24) is 5.32 Å². The highest BCUT2D eigenvalue weighted by Crippen LogP contribution is 2.25. The molecule has 0 unspecified atom stereocenters. The number of carbonyl (C=O) groups is 2. The number of amides is 1. The predicted octanol–water partition coefficient (Wildman–Crippen LogP) is 2.25. The molecule has 4 heteroatoms. The van der Waals surface area contributed by atoms with Crippen molar-refractivity contribution >= 4 is 23.5 Å². The molecule has 0 radical (unpaired) electrons. The van der Waals surface area contributed by atoms with Crippen LogP contribution in [-0.4, -0.2) is 29.7 Å². The van der Waals surface area contributed by atoms with Gasteiger partial charge in [0.05, 0.1) is 6.54 Å². The van der Waals surface area contributed by atoms with Gasteiger partial charge in [0.2, 0.25) is 5.91 Å². The maximum Gasteiger partial charge on any atom is 0.220 e. The highest BCUT2D eigenvalue weighted by molar-refractivity contribution is 7.99. The van der Waals surface area contributed by atoms with E-state index < -0.39 is 0 Å². The summed E-state index contributed by atoms with van der Waals surface area (Å²) in [6.45, 7) is 5.79. The largest absolute Gasteiger partial charge is 0.349 e. The summed E-state index contributed by atoms with van der Waals surface area (Å²) >= 11 is 1.96. The molecule has 1 N–H and O–H groups in total. The van der Waals surface area contributed by atoms with Crippen LogP contribution in [0.2, 0.25) is 0 Å². The van der Waals surface area contributed by atoms with Crippen molar-refractivity contribution < 1.29 is 9.59 Å². The van der Waals surface area contributed by atoms with E-state index in [1.54, 1.807) is 0 Å². The molecule has 1 aliphatic rings. The number of nitrogens with one attached hydrogen (secondary N) is 1. The number of carbonyl (C=O) groups excluding carboxylic acids is 2. The van der Waals surface area contributed by atoms with Crippen LogP contribution in [0.3, 0.4) is 0 Å². The van der Waals surface area contributed by atoms with Gasteiger partial charge < -0.3 is 5.32 Å². The Kier molecular flexibility index (Phi) is 5.50. The number of hydrogen-bond acceptors (Lipinski definition) is 3. The fraction of sp³-hybridized carbons (Fsp3) is 0.846. The summed E-state index contributed by atoms with van der Waals surface area (Å²) in [5.74, 6) is 2.96. The van der Waals surface area contributed by atoms with Crippen molar-refractivity contribution in [2.24, 2.45) is 11.3 Å². The normalized spacial score (nSPS) is 17.8. The fourth-order valence-corrected chi connectivity index (χ4v) is 2.93. The van der Waals surface area contributed by atoms with Crippen LogP contribution in [0.5, 0.6) is 0 Å². The molecule has 0 bridgehead atoms. The lowest BCUT2D eigenvalue weighted by Gasteiger charge is -2.21. The number of hydrogen-bond donors (Lipinski definition) is 1. The van der Waals surface area contributed by atoms with Crippen LogP contribution in [0.25, 0.3) is 0 Å². The summed E-state index contributed by atoms with van der Waals surface area (Å²) in [5, 5.41) is 2.74. The molecule has 0 aromatic rings. The second kappa shape index (κ2) is 6.43. The van der Waals surface area contributed by atoms with Gasteiger partial charge in [0.1, 0.15) is 0 Å². The number of ketones is 1. The zero-order chi connectivity index (χ0) is 12.9. The molecular formula is C13H23NO2S. The van der Waals surface area contributed by atoms with Crippen molar-refractivity contribution in [2.45, 2.75) is 40.0 Å². The lowest BCUT2D eigenvalue weighted by molar-refractivity contribution is -0.129. The third kappa shape index (κ3) is 5.57. The van der Waals surface area contributed by atoms with Crippen LogP contribution in [0.4, 0.5) is 0 Å². The highest BCUT2D eigenvalue weighted by Gasteiger charge is 2.22. The van der Waals surface area contributed by atoms with Crippen molar-refractivity contribution in [3.05, 3.63) is 0 Å². The van der Waals surface area contributed by atoms with E-state index in [9.17, 15) is 9.59 Å². The number of rotatable bonds is 4. The fourth-order valence-electron chi connectivity index (χ4n) is 1.73. The summed E-state index contributed by atoms with van der Waals surface area (Å²) in [7, 11) is 0. The Labute approximate surface area is 108 Å². The Morgan fingerprint density at radius 3 is 2.35 bits per heavy atom. The van der Waals surface area contributed by atoms with Crippen LogP contribution in [0.1, 0.15) is 40.0 Å². The van der Waals surface area contributed by atoms with Crippen LogP contribution in [0, 0.1) is 11.3 Å².